The van der Waals surface area contributed by atoms with Crippen molar-refractivity contribution in [3.8, 4) is 0 Å². The third-order valence-corrected chi connectivity index (χ3v) is 4.23. The molecule has 1 saturated carbocycles. The van der Waals surface area contributed by atoms with E-state index in [0.717, 1.165) is 37.8 Å². The number of nitrogens with one attached hydrogen (secondary N) is 1. The number of nitrogen functional groups attached to an aromatic ring is 1. The Morgan fingerprint density at radius 3 is 2.62 bits per heavy atom. The van der Waals surface area contributed by atoms with E-state index in [1.54, 1.807) is 0 Å². The minimum Gasteiger partial charge on any atom is -0.478 e. The highest BCUT2D eigenvalue weighted by atomic mass is 19.1. The Morgan fingerprint density at radius 1 is 1.33 bits per heavy atom. The maximum atomic E-state index is 13.7. The van der Waals surface area contributed by atoms with Crippen LogP contribution in [0.25, 0.3) is 0 Å². The van der Waals surface area contributed by atoms with E-state index in [1.807, 2.05) is 0 Å². The first-order valence-electron chi connectivity index (χ1n) is 7.20. The summed E-state index contributed by atoms with van der Waals surface area (Å²) < 4.78 is 13.7. The van der Waals surface area contributed by atoms with E-state index in [9.17, 15) is 14.3 Å². The molecule has 1 aromatic carbocycles. The molecule has 0 saturated heterocycles. The number of halogens is 1. The average molecular weight is 296 g/mol. The van der Waals surface area contributed by atoms with Crippen LogP contribution in [0.15, 0.2) is 12.1 Å². The monoisotopic (exact) mass is 296 g/mol. The molecule has 2 rings (SSSR count). The van der Waals surface area contributed by atoms with Gasteiger partial charge >= 0.3 is 5.97 Å². The smallest absolute Gasteiger partial charge is 0.338 e. The molecule has 5 nitrogen and oxygen atoms in total. The summed E-state index contributed by atoms with van der Waals surface area (Å²) in [7, 11) is 0. The normalized spacial score (nSPS) is 22.0. The molecule has 1 aliphatic rings. The molecule has 1 aromatic rings. The van der Waals surface area contributed by atoms with Gasteiger partial charge in [0, 0.05) is 13.2 Å². The lowest BCUT2D eigenvalue weighted by molar-refractivity contribution is 0.0692. The van der Waals surface area contributed by atoms with Crippen LogP contribution in [0.4, 0.5) is 15.8 Å². The molecule has 116 valence electrons. The van der Waals surface area contributed by atoms with Gasteiger partial charge in [0.2, 0.25) is 0 Å². The number of aliphatic hydroxyl groups is 1. The highest BCUT2D eigenvalue weighted by molar-refractivity contribution is 5.90. The molecule has 5 N–H and O–H groups in total. The highest BCUT2D eigenvalue weighted by Gasteiger charge is 2.24. The summed E-state index contributed by atoms with van der Waals surface area (Å²) >= 11 is 0. The van der Waals surface area contributed by atoms with Crippen molar-refractivity contribution in [3.63, 3.8) is 0 Å². The second kappa shape index (κ2) is 6.76. The molecule has 1 fully saturated rings. The maximum absolute atomic E-state index is 13.7. The summed E-state index contributed by atoms with van der Waals surface area (Å²) in [6.07, 6.45) is 4.29. The van der Waals surface area contributed by atoms with E-state index >= 15 is 0 Å². The Kier molecular flexibility index (Phi) is 5.01. The molecule has 6 heteroatoms. The third-order valence-electron chi connectivity index (χ3n) is 4.23. The summed E-state index contributed by atoms with van der Waals surface area (Å²) in [4.78, 5) is 10.8. The number of aliphatic hydroxyl groups excluding tert-OH is 1. The quantitative estimate of drug-likeness (QED) is 0.625. The van der Waals surface area contributed by atoms with Gasteiger partial charge < -0.3 is 21.3 Å². The van der Waals surface area contributed by atoms with E-state index in [1.165, 1.54) is 0 Å². The van der Waals surface area contributed by atoms with E-state index in [2.05, 4.69) is 5.32 Å². The number of anilines is 2. The van der Waals surface area contributed by atoms with Crippen LogP contribution < -0.4 is 11.1 Å². The van der Waals surface area contributed by atoms with Crippen LogP contribution in [0.1, 0.15) is 36.0 Å². The minimum atomic E-state index is -1.33. The van der Waals surface area contributed by atoms with Gasteiger partial charge in [-0.15, -0.1) is 0 Å². The van der Waals surface area contributed by atoms with Crippen LogP contribution in [0.2, 0.25) is 0 Å². The molecule has 21 heavy (non-hydrogen) atoms. The molecule has 0 radical (unpaired) electrons. The topological polar surface area (TPSA) is 95.6 Å². The van der Waals surface area contributed by atoms with Crippen LogP contribution in [0, 0.1) is 17.7 Å². The van der Waals surface area contributed by atoms with Crippen molar-refractivity contribution in [3.05, 3.63) is 23.5 Å². The third kappa shape index (κ3) is 3.64. The van der Waals surface area contributed by atoms with E-state index in [4.69, 9.17) is 10.8 Å². The minimum absolute atomic E-state index is 0.161. The van der Waals surface area contributed by atoms with Crippen LogP contribution in [0.5, 0.6) is 0 Å². The number of carboxylic acid groups (broad SMARTS) is 1. The molecular weight excluding hydrogens is 275 g/mol. The van der Waals surface area contributed by atoms with Crippen LogP contribution in [-0.4, -0.2) is 29.3 Å². The lowest BCUT2D eigenvalue weighted by atomic mass is 9.79. The first-order valence-corrected chi connectivity index (χ1v) is 7.20. The first kappa shape index (κ1) is 15.6. The summed E-state index contributed by atoms with van der Waals surface area (Å²) in [6.45, 7) is 0.759. The van der Waals surface area contributed by atoms with Crippen molar-refractivity contribution in [1.29, 1.82) is 0 Å². The summed E-state index contributed by atoms with van der Waals surface area (Å²) in [6, 6.07) is 2.25. The summed E-state index contributed by atoms with van der Waals surface area (Å²) in [5.41, 5.74) is 5.96. The van der Waals surface area contributed by atoms with Gasteiger partial charge in [-0.3, -0.25) is 0 Å². The van der Waals surface area contributed by atoms with Gasteiger partial charge in [0.25, 0.3) is 0 Å². The number of carboxylic acids is 1. The number of carbonyl (C=O) groups is 1. The Balaban J connectivity index is 2.06. The van der Waals surface area contributed by atoms with Gasteiger partial charge in [0.05, 0.1) is 16.9 Å². The largest absolute Gasteiger partial charge is 0.478 e. The molecule has 1 aliphatic carbocycles. The molecule has 2 atom stereocenters. The maximum Gasteiger partial charge on any atom is 0.338 e. The zero-order valence-electron chi connectivity index (χ0n) is 11.8. The number of nitrogens with two attached hydrogens (primary N) is 1. The number of aromatic carboxylic acids is 1. The molecule has 0 amide bonds. The Bertz CT molecular complexity index is 522. The molecule has 0 spiro atoms. The second-order valence-corrected chi connectivity index (χ2v) is 5.59. The molecule has 0 aliphatic heterocycles. The zero-order valence-corrected chi connectivity index (χ0v) is 11.8. The molecule has 0 bridgehead atoms. The van der Waals surface area contributed by atoms with E-state index in [-0.39, 0.29) is 18.2 Å². The first-order chi connectivity index (χ1) is 10.0. The van der Waals surface area contributed by atoms with Crippen molar-refractivity contribution in [2.45, 2.75) is 25.7 Å². The van der Waals surface area contributed by atoms with Crippen LogP contribution in [0.3, 0.4) is 0 Å². The van der Waals surface area contributed by atoms with Crippen molar-refractivity contribution in [2.24, 2.45) is 11.8 Å². The Morgan fingerprint density at radius 2 is 2.00 bits per heavy atom. The lowest BCUT2D eigenvalue weighted by Crippen LogP contribution is -2.28. The van der Waals surface area contributed by atoms with Gasteiger partial charge in [0.15, 0.2) is 0 Å². The summed E-state index contributed by atoms with van der Waals surface area (Å²) in [5.74, 6) is -1.55. The zero-order chi connectivity index (χ0) is 15.4. The van der Waals surface area contributed by atoms with Crippen molar-refractivity contribution >= 4 is 17.3 Å². The Hall–Kier alpha value is -1.82. The van der Waals surface area contributed by atoms with Crippen molar-refractivity contribution in [1.82, 2.24) is 0 Å². The van der Waals surface area contributed by atoms with Crippen molar-refractivity contribution < 1.29 is 19.4 Å². The number of benzene rings is 1. The number of hydrogen-bond donors (Lipinski definition) is 4. The molecule has 0 heterocycles. The average Bonchev–Trinajstić information content (AvgIpc) is 2.47. The van der Waals surface area contributed by atoms with Gasteiger partial charge in [-0.2, -0.15) is 0 Å². The van der Waals surface area contributed by atoms with Gasteiger partial charge in [-0.05, 0) is 36.8 Å². The number of hydrogen-bond acceptors (Lipinski definition) is 4. The number of rotatable bonds is 5. The predicted molar refractivity (Wildman–Crippen MR) is 78.8 cm³/mol. The molecule has 2 unspecified atom stereocenters. The highest BCUT2D eigenvalue weighted by Crippen LogP contribution is 2.31. The fraction of sp³-hybridized carbons (Fsp3) is 0.533. The fourth-order valence-electron chi connectivity index (χ4n) is 2.94. The fourth-order valence-corrected chi connectivity index (χ4v) is 2.94. The summed E-state index contributed by atoms with van der Waals surface area (Å²) in [5, 5.41) is 21.3. The van der Waals surface area contributed by atoms with Crippen LogP contribution in [-0.2, 0) is 0 Å². The molecular formula is C15H21FN2O3. The molecule has 0 aromatic heterocycles. The van der Waals surface area contributed by atoms with Gasteiger partial charge in [-0.1, -0.05) is 12.8 Å². The van der Waals surface area contributed by atoms with E-state index in [0.29, 0.717) is 18.2 Å². The van der Waals surface area contributed by atoms with Crippen molar-refractivity contribution in [2.75, 3.05) is 24.2 Å². The van der Waals surface area contributed by atoms with Crippen LogP contribution >= 0.6 is 0 Å². The lowest BCUT2D eigenvalue weighted by Gasteiger charge is -2.30. The standard InChI is InChI=1S/C15H21FN2O3/c16-12-6-14(13(17)5-11(12)15(20)21)18-7-9-3-1-2-4-10(9)8-19/h5-6,9-10,18-19H,1-4,7-8,17H2,(H,20,21). The van der Waals surface area contributed by atoms with Gasteiger partial charge in [-0.25, -0.2) is 9.18 Å². The van der Waals surface area contributed by atoms with E-state index < -0.39 is 17.3 Å². The predicted octanol–water partition coefficient (Wildman–Crippen LogP) is 2.32. The van der Waals surface area contributed by atoms with Gasteiger partial charge in [0.1, 0.15) is 5.82 Å². The Labute approximate surface area is 123 Å². The second-order valence-electron chi connectivity index (χ2n) is 5.59. The SMILES string of the molecule is Nc1cc(C(=O)O)c(F)cc1NCC1CCCCC1CO.